The first-order chi connectivity index (χ1) is 20.0. The molecule has 6 rings (SSSR count). The number of hydrogen-bond donors (Lipinski definition) is 0. The number of ether oxygens (including phenoxy) is 3. The molecule has 0 N–H and O–H groups in total. The second kappa shape index (κ2) is 12.6. The molecule has 0 bridgehead atoms. The second-order valence-corrected chi connectivity index (χ2v) is 11.6. The number of rotatable bonds is 9. The minimum atomic E-state index is -1.07. The maximum atomic E-state index is 6.58. The lowest BCUT2D eigenvalue weighted by Crippen LogP contribution is -2.45. The highest BCUT2D eigenvalue weighted by Gasteiger charge is 2.45. The summed E-state index contributed by atoms with van der Waals surface area (Å²) in [4.78, 5) is 9.02. The number of anilines is 1. The molecule has 3 heterocycles. The number of piperazine rings is 1. The molecule has 0 aliphatic carbocycles. The van der Waals surface area contributed by atoms with E-state index in [0.29, 0.717) is 29.8 Å². The summed E-state index contributed by atoms with van der Waals surface area (Å²) in [5, 5.41) is 1.83. The molecule has 214 valence electrons. The van der Waals surface area contributed by atoms with Gasteiger partial charge in [0.05, 0.1) is 24.5 Å². The fourth-order valence-electron chi connectivity index (χ4n) is 5.38. The largest absolute Gasteiger partial charge is 0.491 e. The third kappa shape index (κ3) is 6.83. The average Bonchev–Trinajstić information content (AvgIpc) is 3.63. The smallest absolute Gasteiger partial charge is 0.215 e. The van der Waals surface area contributed by atoms with Crippen LogP contribution in [0.1, 0.15) is 11.1 Å². The summed E-state index contributed by atoms with van der Waals surface area (Å²) < 4.78 is 20.8. The monoisotopic (exact) mass is 612 g/mol. The van der Waals surface area contributed by atoms with Gasteiger partial charge >= 0.3 is 0 Å². The Hall–Kier alpha value is -2.78. The van der Waals surface area contributed by atoms with Gasteiger partial charge in [-0.05, 0) is 54.1 Å². The van der Waals surface area contributed by atoms with Crippen LogP contribution in [-0.2, 0) is 28.4 Å². The second-order valence-electron chi connectivity index (χ2n) is 10.4. The normalized spacial score (nSPS) is 21.3. The van der Waals surface area contributed by atoms with Crippen molar-refractivity contribution in [1.29, 1.82) is 0 Å². The van der Waals surface area contributed by atoms with Crippen LogP contribution in [0.3, 0.4) is 0 Å². The highest BCUT2D eigenvalue weighted by atomic mass is 35.5. The third-order valence-electron chi connectivity index (χ3n) is 7.46. The molecular formula is C31H31Cl3N4O3. The lowest BCUT2D eigenvalue weighted by molar-refractivity contribution is -0.189. The number of imidazole rings is 1. The zero-order valence-electron chi connectivity index (χ0n) is 22.5. The van der Waals surface area contributed by atoms with Gasteiger partial charge in [-0.25, -0.2) is 4.98 Å². The Morgan fingerprint density at radius 3 is 2.46 bits per heavy atom. The van der Waals surface area contributed by atoms with Crippen molar-refractivity contribution in [2.24, 2.45) is 0 Å². The van der Waals surface area contributed by atoms with Gasteiger partial charge in [-0.3, -0.25) is 4.90 Å². The Balaban J connectivity index is 1.03. The molecule has 0 saturated carbocycles. The molecule has 4 aromatic rings. The number of halogens is 3. The van der Waals surface area contributed by atoms with E-state index in [4.69, 9.17) is 49.0 Å². The summed E-state index contributed by atoms with van der Waals surface area (Å²) >= 11 is 18.9. The fraction of sp³-hybridized carbons (Fsp3) is 0.323. The summed E-state index contributed by atoms with van der Waals surface area (Å²) in [5.41, 5.74) is 3.16. The molecule has 7 nitrogen and oxygen atoms in total. The summed E-state index contributed by atoms with van der Waals surface area (Å²) in [7, 11) is 0. The van der Waals surface area contributed by atoms with Gasteiger partial charge in [0.25, 0.3) is 0 Å². The van der Waals surface area contributed by atoms with Crippen molar-refractivity contribution in [1.82, 2.24) is 14.5 Å². The van der Waals surface area contributed by atoms with Gasteiger partial charge in [0.2, 0.25) is 5.79 Å². The van der Waals surface area contributed by atoms with E-state index in [0.717, 1.165) is 49.1 Å². The van der Waals surface area contributed by atoms with Crippen molar-refractivity contribution in [3.8, 4) is 5.75 Å². The van der Waals surface area contributed by atoms with Gasteiger partial charge in [0.1, 0.15) is 18.5 Å². The Morgan fingerprint density at radius 1 is 0.927 bits per heavy atom. The fourth-order valence-corrected chi connectivity index (χ4v) is 6.14. The molecule has 0 amide bonds. The van der Waals surface area contributed by atoms with Crippen LogP contribution in [-0.4, -0.2) is 59.9 Å². The molecule has 10 heteroatoms. The van der Waals surface area contributed by atoms with Crippen LogP contribution >= 0.6 is 34.8 Å². The van der Waals surface area contributed by atoms with Crippen LogP contribution in [0, 0.1) is 0 Å². The Bertz CT molecular complexity index is 1450. The summed E-state index contributed by atoms with van der Waals surface area (Å²) in [6.07, 6.45) is 5.03. The topological polar surface area (TPSA) is 52.0 Å². The van der Waals surface area contributed by atoms with Gasteiger partial charge in [0, 0.05) is 66.4 Å². The van der Waals surface area contributed by atoms with Crippen LogP contribution in [0.25, 0.3) is 0 Å². The quantitative estimate of drug-likeness (QED) is 0.215. The van der Waals surface area contributed by atoms with Crippen LogP contribution < -0.4 is 9.64 Å². The summed E-state index contributed by atoms with van der Waals surface area (Å²) in [6, 6.07) is 21.7. The first-order valence-corrected chi connectivity index (χ1v) is 14.8. The molecule has 2 saturated heterocycles. The number of nitrogens with zero attached hydrogens (tertiary/aromatic N) is 4. The van der Waals surface area contributed by atoms with Crippen LogP contribution in [0.15, 0.2) is 85.5 Å². The molecule has 0 radical (unpaired) electrons. The molecule has 2 aliphatic heterocycles. The Morgan fingerprint density at radius 2 is 1.73 bits per heavy atom. The molecule has 2 fully saturated rings. The van der Waals surface area contributed by atoms with E-state index < -0.39 is 5.79 Å². The molecule has 1 aromatic heterocycles. The molecule has 3 aromatic carbocycles. The number of hydrogen-bond acceptors (Lipinski definition) is 6. The van der Waals surface area contributed by atoms with Crippen molar-refractivity contribution in [3.63, 3.8) is 0 Å². The van der Waals surface area contributed by atoms with Gasteiger partial charge in [-0.15, -0.1) is 0 Å². The van der Waals surface area contributed by atoms with E-state index in [1.54, 1.807) is 24.7 Å². The maximum Gasteiger partial charge on any atom is 0.215 e. The summed E-state index contributed by atoms with van der Waals surface area (Å²) in [5.74, 6) is -0.289. The molecule has 2 aliphatic rings. The van der Waals surface area contributed by atoms with E-state index >= 15 is 0 Å². The number of benzene rings is 3. The minimum absolute atomic E-state index is 0.280. The van der Waals surface area contributed by atoms with Crippen molar-refractivity contribution < 1.29 is 14.2 Å². The minimum Gasteiger partial charge on any atom is -0.491 e. The van der Waals surface area contributed by atoms with Gasteiger partial charge < -0.3 is 23.7 Å². The van der Waals surface area contributed by atoms with Crippen molar-refractivity contribution in [2.75, 3.05) is 44.3 Å². The maximum absolute atomic E-state index is 6.58. The van der Waals surface area contributed by atoms with Gasteiger partial charge in [0.15, 0.2) is 0 Å². The van der Waals surface area contributed by atoms with Crippen LogP contribution in [0.5, 0.6) is 5.75 Å². The average molecular weight is 614 g/mol. The predicted octanol–water partition coefficient (Wildman–Crippen LogP) is 6.51. The van der Waals surface area contributed by atoms with E-state index in [-0.39, 0.29) is 6.10 Å². The van der Waals surface area contributed by atoms with Gasteiger partial charge in [-0.1, -0.05) is 53.0 Å². The van der Waals surface area contributed by atoms with E-state index in [1.165, 1.54) is 11.3 Å². The van der Waals surface area contributed by atoms with Crippen LogP contribution in [0.2, 0.25) is 15.1 Å². The zero-order chi connectivity index (χ0) is 28.2. The predicted molar refractivity (Wildman–Crippen MR) is 162 cm³/mol. The van der Waals surface area contributed by atoms with E-state index in [1.807, 2.05) is 47.2 Å². The standard InChI is InChI=1S/C31H31Cl3N4O3/c32-24-3-1-2-23(16-24)18-36-12-14-38(15-13-36)26-5-7-27(8-6-26)39-19-28-20-40-31(41-28,21-37-11-10-35-22-37)29-9-4-25(33)17-30(29)34/h1-11,16-17,22,28H,12-15,18-21H2. The Labute approximate surface area is 255 Å². The van der Waals surface area contributed by atoms with Crippen molar-refractivity contribution in [3.05, 3.63) is 112 Å². The number of aromatic nitrogens is 2. The molecule has 0 spiro atoms. The highest BCUT2D eigenvalue weighted by Crippen LogP contribution is 2.40. The molecule has 2 unspecified atom stereocenters. The van der Waals surface area contributed by atoms with Crippen LogP contribution in [0.4, 0.5) is 5.69 Å². The van der Waals surface area contributed by atoms with Gasteiger partial charge in [-0.2, -0.15) is 0 Å². The molecular weight excluding hydrogens is 583 g/mol. The van der Waals surface area contributed by atoms with Crippen molar-refractivity contribution >= 4 is 40.5 Å². The SMILES string of the molecule is Clc1cccc(CN2CCN(c3ccc(OCC4COC(Cn5ccnc5)(c5ccc(Cl)cc5Cl)O4)cc3)CC2)c1. The molecule has 2 atom stereocenters. The van der Waals surface area contributed by atoms with Crippen molar-refractivity contribution in [2.45, 2.75) is 25.0 Å². The lowest BCUT2D eigenvalue weighted by atomic mass is 10.1. The van der Waals surface area contributed by atoms with E-state index in [9.17, 15) is 0 Å². The highest BCUT2D eigenvalue weighted by molar-refractivity contribution is 6.35. The Kier molecular flexibility index (Phi) is 8.72. The third-order valence-corrected chi connectivity index (χ3v) is 8.24. The molecule has 41 heavy (non-hydrogen) atoms. The zero-order valence-corrected chi connectivity index (χ0v) is 24.7. The lowest BCUT2D eigenvalue weighted by Gasteiger charge is -2.36. The van der Waals surface area contributed by atoms with E-state index in [2.05, 4.69) is 33.0 Å². The summed E-state index contributed by atoms with van der Waals surface area (Å²) in [6.45, 7) is 5.97. The first-order valence-electron chi connectivity index (χ1n) is 13.6. The first kappa shape index (κ1) is 28.3.